The van der Waals surface area contributed by atoms with Crippen LogP contribution in [0, 0.1) is 6.92 Å². The molecule has 0 fully saturated rings. The maximum atomic E-state index is 5.42. The molecule has 2 aromatic rings. The predicted octanol–water partition coefficient (Wildman–Crippen LogP) is 3.82. The van der Waals surface area contributed by atoms with Crippen LogP contribution in [0.4, 0.5) is 5.69 Å². The standard InChI is InChI=1S/C16H18N2S/c1-13-7-6-10-15(11-13)17-16(19)18(2)12-14-8-4-3-5-9-14/h3-11H,12H2,1-2H3,(H,17,19). The van der Waals surface area contributed by atoms with Crippen LogP contribution in [-0.4, -0.2) is 17.1 Å². The molecule has 3 heteroatoms. The van der Waals surface area contributed by atoms with Gasteiger partial charge in [-0.3, -0.25) is 0 Å². The summed E-state index contributed by atoms with van der Waals surface area (Å²) < 4.78 is 0. The van der Waals surface area contributed by atoms with E-state index in [1.807, 2.05) is 42.3 Å². The van der Waals surface area contributed by atoms with Gasteiger partial charge in [-0.25, -0.2) is 0 Å². The van der Waals surface area contributed by atoms with Gasteiger partial charge in [0.1, 0.15) is 0 Å². The van der Waals surface area contributed by atoms with Crippen LogP contribution in [-0.2, 0) is 6.54 Å². The van der Waals surface area contributed by atoms with E-state index in [2.05, 4.69) is 36.5 Å². The molecular formula is C16H18N2S. The normalized spacial score (nSPS) is 10.0. The quantitative estimate of drug-likeness (QED) is 0.854. The molecule has 2 aromatic carbocycles. The zero-order valence-corrected chi connectivity index (χ0v) is 12.1. The van der Waals surface area contributed by atoms with Crippen molar-refractivity contribution in [1.29, 1.82) is 0 Å². The number of hydrogen-bond donors (Lipinski definition) is 1. The van der Waals surface area contributed by atoms with Gasteiger partial charge in [-0.2, -0.15) is 0 Å². The van der Waals surface area contributed by atoms with Crippen molar-refractivity contribution >= 4 is 23.0 Å². The summed E-state index contributed by atoms with van der Waals surface area (Å²) in [6.45, 7) is 2.88. The van der Waals surface area contributed by atoms with Crippen molar-refractivity contribution in [3.8, 4) is 0 Å². The lowest BCUT2D eigenvalue weighted by Crippen LogP contribution is -2.30. The van der Waals surface area contributed by atoms with Crippen LogP contribution in [0.1, 0.15) is 11.1 Å². The summed E-state index contributed by atoms with van der Waals surface area (Å²) >= 11 is 5.42. The Hall–Kier alpha value is -1.87. The van der Waals surface area contributed by atoms with Gasteiger partial charge in [0.05, 0.1) is 0 Å². The molecule has 1 N–H and O–H groups in total. The first-order chi connectivity index (χ1) is 9.15. The maximum Gasteiger partial charge on any atom is 0.173 e. The SMILES string of the molecule is Cc1cccc(NC(=S)N(C)Cc2ccccc2)c1. The number of nitrogens with zero attached hydrogens (tertiary/aromatic N) is 1. The van der Waals surface area contributed by atoms with Crippen LogP contribution >= 0.6 is 12.2 Å². The number of nitrogens with one attached hydrogen (secondary N) is 1. The molecule has 0 bridgehead atoms. The first kappa shape index (κ1) is 13.6. The van der Waals surface area contributed by atoms with E-state index in [-0.39, 0.29) is 0 Å². The predicted molar refractivity (Wildman–Crippen MR) is 85.3 cm³/mol. The van der Waals surface area contributed by atoms with Crippen molar-refractivity contribution in [2.75, 3.05) is 12.4 Å². The molecule has 0 spiro atoms. The third-order valence-corrected chi connectivity index (χ3v) is 3.29. The van der Waals surface area contributed by atoms with Gasteiger partial charge in [0.25, 0.3) is 0 Å². The summed E-state index contributed by atoms with van der Waals surface area (Å²) in [5.41, 5.74) is 3.50. The highest BCUT2D eigenvalue weighted by Gasteiger charge is 2.05. The molecule has 0 saturated carbocycles. The van der Waals surface area contributed by atoms with Crippen LogP contribution < -0.4 is 5.32 Å². The van der Waals surface area contributed by atoms with Crippen molar-refractivity contribution in [3.63, 3.8) is 0 Å². The summed E-state index contributed by atoms with van der Waals surface area (Å²) in [5.74, 6) is 0. The van der Waals surface area contributed by atoms with Crippen molar-refractivity contribution < 1.29 is 0 Å². The molecule has 0 aliphatic carbocycles. The second-order valence-electron chi connectivity index (χ2n) is 4.64. The van der Waals surface area contributed by atoms with Crippen LogP contribution in [0.15, 0.2) is 54.6 Å². The van der Waals surface area contributed by atoms with Crippen molar-refractivity contribution in [2.45, 2.75) is 13.5 Å². The van der Waals surface area contributed by atoms with E-state index in [9.17, 15) is 0 Å². The molecule has 0 heterocycles. The third-order valence-electron chi connectivity index (χ3n) is 2.88. The molecule has 0 radical (unpaired) electrons. The molecule has 0 unspecified atom stereocenters. The highest BCUT2D eigenvalue weighted by molar-refractivity contribution is 7.80. The molecular weight excluding hydrogens is 252 g/mol. The highest BCUT2D eigenvalue weighted by Crippen LogP contribution is 2.11. The van der Waals surface area contributed by atoms with E-state index in [1.54, 1.807) is 0 Å². The topological polar surface area (TPSA) is 15.3 Å². The van der Waals surface area contributed by atoms with E-state index in [4.69, 9.17) is 12.2 Å². The van der Waals surface area contributed by atoms with Crippen molar-refractivity contribution in [2.24, 2.45) is 0 Å². The van der Waals surface area contributed by atoms with Gasteiger partial charge in [-0.1, -0.05) is 42.5 Å². The fourth-order valence-electron chi connectivity index (χ4n) is 1.87. The second kappa shape index (κ2) is 6.34. The number of hydrogen-bond acceptors (Lipinski definition) is 1. The number of anilines is 1. The van der Waals surface area contributed by atoms with E-state index in [0.29, 0.717) is 0 Å². The number of rotatable bonds is 3. The van der Waals surface area contributed by atoms with E-state index in [0.717, 1.165) is 17.3 Å². The van der Waals surface area contributed by atoms with Crippen LogP contribution in [0.3, 0.4) is 0 Å². The summed E-state index contributed by atoms with van der Waals surface area (Å²) in [6.07, 6.45) is 0. The molecule has 0 saturated heterocycles. The van der Waals surface area contributed by atoms with Gasteiger partial charge in [0.2, 0.25) is 0 Å². The minimum absolute atomic E-state index is 0.731. The molecule has 0 aliphatic rings. The summed E-state index contributed by atoms with van der Waals surface area (Å²) in [4.78, 5) is 2.03. The Labute approximate surface area is 120 Å². The average Bonchev–Trinajstić information content (AvgIpc) is 2.40. The molecule has 0 amide bonds. The lowest BCUT2D eigenvalue weighted by atomic mass is 10.2. The first-order valence-corrected chi connectivity index (χ1v) is 6.69. The molecule has 0 aliphatic heterocycles. The second-order valence-corrected chi connectivity index (χ2v) is 5.03. The monoisotopic (exact) mass is 270 g/mol. The van der Waals surface area contributed by atoms with Crippen LogP contribution in [0.25, 0.3) is 0 Å². The third kappa shape index (κ3) is 4.07. The average molecular weight is 270 g/mol. The Kier molecular flexibility index (Phi) is 4.53. The van der Waals surface area contributed by atoms with E-state index < -0.39 is 0 Å². The minimum atomic E-state index is 0.731. The number of benzene rings is 2. The van der Waals surface area contributed by atoms with Gasteiger partial charge in [-0.15, -0.1) is 0 Å². The molecule has 0 aromatic heterocycles. The van der Waals surface area contributed by atoms with E-state index >= 15 is 0 Å². The highest BCUT2D eigenvalue weighted by atomic mass is 32.1. The smallest absolute Gasteiger partial charge is 0.173 e. The Balaban J connectivity index is 1.96. The fraction of sp³-hybridized carbons (Fsp3) is 0.188. The minimum Gasteiger partial charge on any atom is -0.348 e. The number of aryl methyl sites for hydroxylation is 1. The molecule has 98 valence electrons. The summed E-state index contributed by atoms with van der Waals surface area (Å²) in [5, 5.41) is 3.99. The molecule has 2 rings (SSSR count). The van der Waals surface area contributed by atoms with Crippen molar-refractivity contribution in [3.05, 3.63) is 65.7 Å². The van der Waals surface area contributed by atoms with Gasteiger partial charge in [0, 0.05) is 19.3 Å². The van der Waals surface area contributed by atoms with Crippen LogP contribution in [0.2, 0.25) is 0 Å². The largest absolute Gasteiger partial charge is 0.348 e. The van der Waals surface area contributed by atoms with Crippen LogP contribution in [0.5, 0.6) is 0 Å². The zero-order valence-electron chi connectivity index (χ0n) is 11.3. The number of thiocarbonyl (C=S) groups is 1. The Morgan fingerprint density at radius 1 is 1.11 bits per heavy atom. The maximum absolute atomic E-state index is 5.42. The van der Waals surface area contributed by atoms with Gasteiger partial charge in [-0.05, 0) is 42.4 Å². The summed E-state index contributed by atoms with van der Waals surface area (Å²) in [6, 6.07) is 18.5. The van der Waals surface area contributed by atoms with Gasteiger partial charge in [0.15, 0.2) is 5.11 Å². The van der Waals surface area contributed by atoms with Gasteiger partial charge < -0.3 is 10.2 Å². The Morgan fingerprint density at radius 3 is 2.53 bits per heavy atom. The first-order valence-electron chi connectivity index (χ1n) is 6.28. The Bertz CT molecular complexity index is 552. The summed E-state index contributed by atoms with van der Waals surface area (Å²) in [7, 11) is 2.00. The lowest BCUT2D eigenvalue weighted by Gasteiger charge is -2.21. The van der Waals surface area contributed by atoms with E-state index in [1.165, 1.54) is 11.1 Å². The van der Waals surface area contributed by atoms with Crippen molar-refractivity contribution in [1.82, 2.24) is 4.90 Å². The Morgan fingerprint density at radius 2 is 1.84 bits per heavy atom. The van der Waals surface area contributed by atoms with Gasteiger partial charge >= 0.3 is 0 Å². The molecule has 0 atom stereocenters. The fourth-order valence-corrected chi connectivity index (χ4v) is 2.05. The zero-order chi connectivity index (χ0) is 13.7. The molecule has 2 nitrogen and oxygen atoms in total. The lowest BCUT2D eigenvalue weighted by molar-refractivity contribution is 0.508. The molecule has 19 heavy (non-hydrogen) atoms.